The molecular formula is C11H17N. The van der Waals surface area contributed by atoms with Crippen molar-refractivity contribution in [1.82, 2.24) is 0 Å². The van der Waals surface area contributed by atoms with Crippen LogP contribution in [-0.4, -0.2) is 0 Å². The van der Waals surface area contributed by atoms with Crippen LogP contribution in [0.3, 0.4) is 0 Å². The van der Waals surface area contributed by atoms with Crippen LogP contribution in [0.15, 0.2) is 0 Å². The molecule has 2 rings (SSSR count). The molecule has 0 N–H and O–H groups in total. The molecule has 12 heavy (non-hydrogen) atoms. The molecule has 2 aliphatic carbocycles. The monoisotopic (exact) mass is 163 g/mol. The van der Waals surface area contributed by atoms with Gasteiger partial charge in [0.2, 0.25) is 0 Å². The van der Waals surface area contributed by atoms with Gasteiger partial charge in [0.05, 0.1) is 11.5 Å². The second kappa shape index (κ2) is 2.76. The molecule has 2 unspecified atom stereocenters. The third kappa shape index (κ3) is 1.24. The first-order chi connectivity index (χ1) is 5.73. The van der Waals surface area contributed by atoms with Gasteiger partial charge in [-0.15, -0.1) is 0 Å². The van der Waals surface area contributed by atoms with E-state index >= 15 is 0 Å². The summed E-state index contributed by atoms with van der Waals surface area (Å²) in [6.45, 7) is 2.14. The van der Waals surface area contributed by atoms with Gasteiger partial charge >= 0.3 is 0 Å². The van der Waals surface area contributed by atoms with Crippen molar-refractivity contribution in [2.24, 2.45) is 17.3 Å². The molecular weight excluding hydrogens is 146 g/mol. The smallest absolute Gasteiger partial charge is 0.0687 e. The SMILES string of the molecule is CC1(C#N)CC2CCCCC2C1. The Morgan fingerprint density at radius 3 is 2.08 bits per heavy atom. The zero-order valence-corrected chi connectivity index (χ0v) is 7.84. The van der Waals surface area contributed by atoms with Crippen LogP contribution in [0.2, 0.25) is 0 Å². The fourth-order valence-electron chi connectivity index (χ4n) is 3.15. The van der Waals surface area contributed by atoms with Crippen LogP contribution >= 0.6 is 0 Å². The van der Waals surface area contributed by atoms with E-state index in [-0.39, 0.29) is 5.41 Å². The summed E-state index contributed by atoms with van der Waals surface area (Å²) in [6.07, 6.45) is 7.94. The summed E-state index contributed by atoms with van der Waals surface area (Å²) in [5.41, 5.74) is 0.0275. The summed E-state index contributed by atoms with van der Waals surface area (Å²) in [5, 5.41) is 9.02. The lowest BCUT2D eigenvalue weighted by Crippen LogP contribution is -2.12. The second-order valence-electron chi connectivity index (χ2n) is 4.89. The number of nitrogens with zero attached hydrogens (tertiary/aromatic N) is 1. The molecule has 0 aromatic carbocycles. The van der Waals surface area contributed by atoms with Crippen molar-refractivity contribution >= 4 is 0 Å². The van der Waals surface area contributed by atoms with Crippen LogP contribution < -0.4 is 0 Å². The quantitative estimate of drug-likeness (QED) is 0.538. The highest BCUT2D eigenvalue weighted by Crippen LogP contribution is 2.50. The van der Waals surface area contributed by atoms with Gasteiger partial charge in [-0.1, -0.05) is 25.7 Å². The van der Waals surface area contributed by atoms with Crippen LogP contribution in [0.5, 0.6) is 0 Å². The van der Waals surface area contributed by atoms with E-state index in [0.29, 0.717) is 0 Å². The molecule has 0 saturated heterocycles. The third-order valence-corrected chi connectivity index (χ3v) is 3.76. The van der Waals surface area contributed by atoms with Crippen LogP contribution in [0, 0.1) is 28.6 Å². The van der Waals surface area contributed by atoms with Crippen LogP contribution in [0.25, 0.3) is 0 Å². The molecule has 0 aromatic heterocycles. The van der Waals surface area contributed by atoms with Crippen LogP contribution in [-0.2, 0) is 0 Å². The van der Waals surface area contributed by atoms with Gasteiger partial charge in [-0.25, -0.2) is 0 Å². The van der Waals surface area contributed by atoms with Gasteiger partial charge in [-0.3, -0.25) is 0 Å². The van der Waals surface area contributed by atoms with Crippen molar-refractivity contribution in [1.29, 1.82) is 5.26 Å². The molecule has 1 heteroatoms. The van der Waals surface area contributed by atoms with Crippen molar-refractivity contribution in [2.75, 3.05) is 0 Å². The van der Waals surface area contributed by atoms with E-state index < -0.39 is 0 Å². The number of hydrogen-bond donors (Lipinski definition) is 0. The van der Waals surface area contributed by atoms with Crippen molar-refractivity contribution in [3.63, 3.8) is 0 Å². The second-order valence-corrected chi connectivity index (χ2v) is 4.89. The van der Waals surface area contributed by atoms with E-state index in [1.165, 1.54) is 38.5 Å². The van der Waals surface area contributed by atoms with Gasteiger partial charge in [0.15, 0.2) is 0 Å². The summed E-state index contributed by atoms with van der Waals surface area (Å²) in [5.74, 6) is 1.78. The molecule has 1 nitrogen and oxygen atoms in total. The van der Waals surface area contributed by atoms with E-state index in [9.17, 15) is 0 Å². The van der Waals surface area contributed by atoms with Gasteiger partial charge in [0, 0.05) is 0 Å². The first-order valence-corrected chi connectivity index (χ1v) is 5.15. The number of rotatable bonds is 0. The number of nitriles is 1. The summed E-state index contributed by atoms with van der Waals surface area (Å²) in [4.78, 5) is 0. The first-order valence-electron chi connectivity index (χ1n) is 5.15. The van der Waals surface area contributed by atoms with Gasteiger partial charge in [-0.05, 0) is 31.6 Å². The summed E-state index contributed by atoms with van der Waals surface area (Å²) < 4.78 is 0. The highest BCUT2D eigenvalue weighted by atomic mass is 14.5. The predicted molar refractivity (Wildman–Crippen MR) is 48.4 cm³/mol. The Bertz CT molecular complexity index is 200. The van der Waals surface area contributed by atoms with E-state index in [1.54, 1.807) is 0 Å². The molecule has 2 saturated carbocycles. The van der Waals surface area contributed by atoms with Crippen molar-refractivity contribution < 1.29 is 0 Å². The molecule has 0 heterocycles. The largest absolute Gasteiger partial charge is 0.198 e. The Kier molecular flexibility index (Phi) is 1.87. The third-order valence-electron chi connectivity index (χ3n) is 3.76. The topological polar surface area (TPSA) is 23.8 Å². The van der Waals surface area contributed by atoms with Crippen molar-refractivity contribution in [2.45, 2.75) is 45.4 Å². The average Bonchev–Trinajstić information content (AvgIpc) is 2.42. The zero-order valence-electron chi connectivity index (χ0n) is 7.84. The molecule has 0 amide bonds. The maximum Gasteiger partial charge on any atom is 0.0687 e. The maximum absolute atomic E-state index is 9.02. The van der Waals surface area contributed by atoms with Crippen molar-refractivity contribution in [3.05, 3.63) is 0 Å². The number of hydrogen-bond acceptors (Lipinski definition) is 1. The van der Waals surface area contributed by atoms with E-state index in [0.717, 1.165) is 11.8 Å². The molecule has 0 spiro atoms. The molecule has 0 radical (unpaired) electrons. The van der Waals surface area contributed by atoms with E-state index in [1.807, 2.05) is 0 Å². The highest BCUT2D eigenvalue weighted by Gasteiger charge is 2.42. The zero-order chi connectivity index (χ0) is 8.60. The Morgan fingerprint density at radius 2 is 1.67 bits per heavy atom. The minimum absolute atomic E-state index is 0.0275. The van der Waals surface area contributed by atoms with Gasteiger partial charge in [-0.2, -0.15) is 5.26 Å². The van der Waals surface area contributed by atoms with Crippen molar-refractivity contribution in [3.8, 4) is 6.07 Å². The number of fused-ring (bicyclic) bond motifs is 1. The lowest BCUT2D eigenvalue weighted by atomic mass is 9.82. The minimum atomic E-state index is 0.0275. The minimum Gasteiger partial charge on any atom is -0.198 e. The standard InChI is InChI=1S/C11H17N/c1-11(8-12)6-9-4-2-3-5-10(9)7-11/h9-10H,2-7H2,1H3. The molecule has 2 atom stereocenters. The van der Waals surface area contributed by atoms with Gasteiger partial charge in [0.25, 0.3) is 0 Å². The lowest BCUT2D eigenvalue weighted by Gasteiger charge is -2.24. The molecule has 2 aliphatic rings. The van der Waals surface area contributed by atoms with Crippen LogP contribution in [0.1, 0.15) is 45.4 Å². The molecule has 0 aromatic rings. The van der Waals surface area contributed by atoms with Gasteiger partial charge in [0.1, 0.15) is 0 Å². The molecule has 2 fully saturated rings. The summed E-state index contributed by atoms with van der Waals surface area (Å²) in [7, 11) is 0. The molecule has 0 aliphatic heterocycles. The Hall–Kier alpha value is -0.510. The normalized spacial score (nSPS) is 46.7. The fourth-order valence-corrected chi connectivity index (χ4v) is 3.15. The van der Waals surface area contributed by atoms with Gasteiger partial charge < -0.3 is 0 Å². The Labute approximate surface area is 74.8 Å². The fraction of sp³-hybridized carbons (Fsp3) is 0.909. The lowest BCUT2D eigenvalue weighted by molar-refractivity contribution is 0.277. The van der Waals surface area contributed by atoms with E-state index in [2.05, 4.69) is 13.0 Å². The summed E-state index contributed by atoms with van der Waals surface area (Å²) in [6, 6.07) is 2.50. The Balaban J connectivity index is 2.08. The highest BCUT2D eigenvalue weighted by molar-refractivity contribution is 5.04. The maximum atomic E-state index is 9.02. The Morgan fingerprint density at radius 1 is 1.17 bits per heavy atom. The first kappa shape index (κ1) is 8.10. The molecule has 0 bridgehead atoms. The van der Waals surface area contributed by atoms with E-state index in [4.69, 9.17) is 5.26 Å². The average molecular weight is 163 g/mol. The predicted octanol–water partition coefficient (Wildman–Crippen LogP) is 3.12. The summed E-state index contributed by atoms with van der Waals surface area (Å²) >= 11 is 0. The molecule has 66 valence electrons. The van der Waals surface area contributed by atoms with Crippen LogP contribution in [0.4, 0.5) is 0 Å².